The summed E-state index contributed by atoms with van der Waals surface area (Å²) in [5.41, 5.74) is 0.322. The second-order valence-electron chi connectivity index (χ2n) is 7.65. The molecule has 0 spiro atoms. The van der Waals surface area contributed by atoms with E-state index >= 15 is 0 Å². The molecular weight excluding hydrogens is 428 g/mol. The Morgan fingerprint density at radius 1 is 1.13 bits per heavy atom. The van der Waals surface area contributed by atoms with Crippen LogP contribution in [0.5, 0.6) is 0 Å². The SMILES string of the molecule is C[C@@H]1[C@H](NC(=O)c2ccc(Sc3ccc(NC(=O)C(F)F)cc3)s2)C2CCN1CC2. The Morgan fingerprint density at radius 2 is 1.83 bits per heavy atom. The Labute approximate surface area is 182 Å². The summed E-state index contributed by atoms with van der Waals surface area (Å²) in [5, 5.41) is 5.40. The van der Waals surface area contributed by atoms with Crippen molar-refractivity contribution in [3.05, 3.63) is 41.3 Å². The van der Waals surface area contributed by atoms with Crippen molar-refractivity contribution in [3.8, 4) is 0 Å². The van der Waals surface area contributed by atoms with Gasteiger partial charge in [-0.2, -0.15) is 8.78 Å². The molecule has 0 saturated carbocycles. The van der Waals surface area contributed by atoms with Gasteiger partial charge in [-0.25, -0.2) is 0 Å². The third-order valence-electron chi connectivity index (χ3n) is 5.82. The highest BCUT2D eigenvalue weighted by Gasteiger charge is 2.40. The van der Waals surface area contributed by atoms with Crippen LogP contribution in [-0.4, -0.2) is 48.3 Å². The largest absolute Gasteiger partial charge is 0.347 e. The molecule has 9 heteroatoms. The van der Waals surface area contributed by atoms with Crippen LogP contribution in [0.3, 0.4) is 0 Å². The Bertz CT molecular complexity index is 909. The minimum Gasteiger partial charge on any atom is -0.347 e. The molecule has 1 aromatic heterocycles. The first-order valence-electron chi connectivity index (χ1n) is 9.92. The zero-order valence-electron chi connectivity index (χ0n) is 16.4. The predicted octanol–water partition coefficient (Wildman–Crippen LogP) is 4.32. The number of anilines is 1. The summed E-state index contributed by atoms with van der Waals surface area (Å²) in [6.45, 7) is 4.45. The zero-order chi connectivity index (χ0) is 21.3. The van der Waals surface area contributed by atoms with Gasteiger partial charge >= 0.3 is 6.43 Å². The fraction of sp³-hybridized carbons (Fsp3) is 0.429. The lowest BCUT2D eigenvalue weighted by molar-refractivity contribution is -0.126. The first kappa shape index (κ1) is 21.3. The molecule has 3 aliphatic heterocycles. The number of halogens is 2. The lowest BCUT2D eigenvalue weighted by atomic mass is 9.79. The van der Waals surface area contributed by atoms with Crippen LogP contribution < -0.4 is 10.6 Å². The van der Waals surface area contributed by atoms with E-state index in [9.17, 15) is 18.4 Å². The fourth-order valence-corrected chi connectivity index (χ4v) is 6.19. The van der Waals surface area contributed by atoms with Gasteiger partial charge in [0, 0.05) is 22.7 Å². The predicted molar refractivity (Wildman–Crippen MR) is 115 cm³/mol. The minimum absolute atomic E-state index is 0.0255. The zero-order valence-corrected chi connectivity index (χ0v) is 18.1. The van der Waals surface area contributed by atoms with Crippen LogP contribution in [0.15, 0.2) is 45.5 Å². The molecule has 3 aliphatic rings. The number of amides is 2. The number of hydrogen-bond acceptors (Lipinski definition) is 5. The number of hydrogen-bond donors (Lipinski definition) is 2. The highest BCUT2D eigenvalue weighted by Crippen LogP contribution is 2.35. The average molecular weight is 452 g/mol. The maximum Gasteiger partial charge on any atom is 0.315 e. The molecular formula is C21H23F2N3O2S2. The third kappa shape index (κ3) is 4.68. The van der Waals surface area contributed by atoms with Crippen molar-refractivity contribution in [2.75, 3.05) is 18.4 Å². The van der Waals surface area contributed by atoms with Gasteiger partial charge in [0.1, 0.15) is 0 Å². The lowest BCUT2D eigenvalue weighted by Gasteiger charge is -2.49. The molecule has 5 rings (SSSR count). The van der Waals surface area contributed by atoms with Crippen molar-refractivity contribution in [1.82, 2.24) is 10.2 Å². The number of carbonyl (C=O) groups excluding carboxylic acids is 2. The van der Waals surface area contributed by atoms with E-state index in [-0.39, 0.29) is 11.9 Å². The van der Waals surface area contributed by atoms with Gasteiger partial charge in [-0.05, 0) is 75.2 Å². The summed E-state index contributed by atoms with van der Waals surface area (Å²) in [7, 11) is 0. The molecule has 160 valence electrons. The number of piperidine rings is 3. The van der Waals surface area contributed by atoms with E-state index in [4.69, 9.17) is 0 Å². The molecule has 2 N–H and O–H groups in total. The minimum atomic E-state index is -3.04. The van der Waals surface area contributed by atoms with Gasteiger partial charge < -0.3 is 10.6 Å². The van der Waals surface area contributed by atoms with Crippen LogP contribution in [0, 0.1) is 5.92 Å². The Hall–Kier alpha value is -1.97. The van der Waals surface area contributed by atoms with E-state index in [1.807, 2.05) is 12.1 Å². The van der Waals surface area contributed by atoms with Crippen LogP contribution in [0.1, 0.15) is 29.4 Å². The fourth-order valence-electron chi connectivity index (χ4n) is 4.18. The maximum atomic E-state index is 12.8. The number of alkyl halides is 2. The second-order valence-corrected chi connectivity index (χ2v) is 10.1. The van der Waals surface area contributed by atoms with Crippen molar-refractivity contribution in [2.45, 2.75) is 47.4 Å². The van der Waals surface area contributed by atoms with E-state index < -0.39 is 12.3 Å². The number of benzene rings is 1. The topological polar surface area (TPSA) is 61.4 Å². The Kier molecular flexibility index (Phi) is 6.40. The van der Waals surface area contributed by atoms with Crippen molar-refractivity contribution < 1.29 is 18.4 Å². The Balaban J connectivity index is 1.35. The highest BCUT2D eigenvalue weighted by atomic mass is 32.2. The van der Waals surface area contributed by atoms with E-state index in [0.29, 0.717) is 22.5 Å². The second kappa shape index (κ2) is 9.03. The molecule has 1 aromatic carbocycles. The highest BCUT2D eigenvalue weighted by molar-refractivity contribution is 8.01. The lowest BCUT2D eigenvalue weighted by Crippen LogP contribution is -2.62. The normalized spacial score (nSPS) is 25.3. The molecule has 2 aromatic rings. The van der Waals surface area contributed by atoms with Crippen LogP contribution in [0.2, 0.25) is 0 Å². The van der Waals surface area contributed by atoms with Crippen molar-refractivity contribution in [2.24, 2.45) is 5.92 Å². The molecule has 2 amide bonds. The van der Waals surface area contributed by atoms with Crippen molar-refractivity contribution >= 4 is 40.6 Å². The number of fused-ring (bicyclic) bond motifs is 3. The standard InChI is InChI=1S/C21H23F2N3O2S2/c1-12-18(13-8-10-26(12)11-9-13)25-20(27)16-6-7-17(30-16)29-15-4-2-14(3-5-15)24-21(28)19(22)23/h2-7,12-13,18-19H,8-11H2,1H3,(H,24,28)(H,25,27)/t12-,18+/m1/s1. The molecule has 0 unspecified atom stereocenters. The summed E-state index contributed by atoms with van der Waals surface area (Å²) >= 11 is 2.92. The smallest absolute Gasteiger partial charge is 0.315 e. The first-order chi connectivity index (χ1) is 14.4. The third-order valence-corrected chi connectivity index (χ3v) is 8.04. The van der Waals surface area contributed by atoms with Gasteiger partial charge in [-0.3, -0.25) is 14.5 Å². The summed E-state index contributed by atoms with van der Waals surface area (Å²) in [4.78, 5) is 27.9. The summed E-state index contributed by atoms with van der Waals surface area (Å²) in [5.74, 6) is -0.782. The molecule has 30 heavy (non-hydrogen) atoms. The number of carbonyl (C=O) groups is 2. The molecule has 2 atom stereocenters. The molecule has 2 bridgehead atoms. The van der Waals surface area contributed by atoms with Gasteiger partial charge in [0.25, 0.3) is 11.8 Å². The van der Waals surface area contributed by atoms with E-state index in [2.05, 4.69) is 22.5 Å². The average Bonchev–Trinajstić information content (AvgIpc) is 3.21. The molecule has 5 nitrogen and oxygen atoms in total. The van der Waals surface area contributed by atoms with Gasteiger partial charge in [-0.15, -0.1) is 11.3 Å². The molecule has 0 radical (unpaired) electrons. The van der Waals surface area contributed by atoms with Crippen LogP contribution in [0.25, 0.3) is 0 Å². The molecule has 4 heterocycles. The monoisotopic (exact) mass is 451 g/mol. The van der Waals surface area contributed by atoms with E-state index in [1.54, 1.807) is 24.3 Å². The van der Waals surface area contributed by atoms with Crippen LogP contribution in [0.4, 0.5) is 14.5 Å². The number of nitrogens with zero attached hydrogens (tertiary/aromatic N) is 1. The molecule has 0 aliphatic carbocycles. The van der Waals surface area contributed by atoms with Crippen LogP contribution >= 0.6 is 23.1 Å². The van der Waals surface area contributed by atoms with Crippen molar-refractivity contribution in [3.63, 3.8) is 0 Å². The molecule has 3 fully saturated rings. The number of rotatable bonds is 6. The summed E-state index contributed by atoms with van der Waals surface area (Å²) in [6, 6.07) is 11.0. The van der Waals surface area contributed by atoms with Crippen molar-refractivity contribution in [1.29, 1.82) is 0 Å². The summed E-state index contributed by atoms with van der Waals surface area (Å²) < 4.78 is 25.6. The quantitative estimate of drug-likeness (QED) is 0.687. The van der Waals surface area contributed by atoms with E-state index in [0.717, 1.165) is 35.0 Å². The number of thiophene rings is 1. The van der Waals surface area contributed by atoms with Gasteiger partial charge in [-0.1, -0.05) is 11.8 Å². The van der Waals surface area contributed by atoms with E-state index in [1.165, 1.54) is 23.1 Å². The molecule has 3 saturated heterocycles. The van der Waals surface area contributed by atoms with Crippen LogP contribution in [-0.2, 0) is 4.79 Å². The maximum absolute atomic E-state index is 12.8. The first-order valence-corrected chi connectivity index (χ1v) is 11.6. The van der Waals surface area contributed by atoms with Gasteiger partial charge in [0.05, 0.1) is 9.09 Å². The Morgan fingerprint density at radius 3 is 2.47 bits per heavy atom. The van der Waals surface area contributed by atoms with Gasteiger partial charge in [0.15, 0.2) is 0 Å². The van der Waals surface area contributed by atoms with Gasteiger partial charge in [0.2, 0.25) is 0 Å². The number of nitrogens with one attached hydrogen (secondary N) is 2. The summed E-state index contributed by atoms with van der Waals surface area (Å²) in [6.07, 6.45) is -0.748.